The lowest BCUT2D eigenvalue weighted by atomic mass is 9.95. The highest BCUT2D eigenvalue weighted by molar-refractivity contribution is 7.20. The van der Waals surface area contributed by atoms with Gasteiger partial charge in [-0.3, -0.25) is 4.79 Å². The van der Waals surface area contributed by atoms with Crippen LogP contribution in [0.25, 0.3) is 16.2 Å². The van der Waals surface area contributed by atoms with E-state index >= 15 is 0 Å². The largest absolute Gasteiger partial charge is 0.347 e. The topological polar surface area (TPSA) is 57.0 Å². The van der Waals surface area contributed by atoms with E-state index in [1.165, 1.54) is 5.56 Å². The van der Waals surface area contributed by atoms with Gasteiger partial charge in [-0.25, -0.2) is 9.50 Å². The highest BCUT2D eigenvalue weighted by atomic mass is 32.1. The standard InChI is InChI=1S/C23H30N6OS/c1-3-26-12-14-27(15-13-26)21(30)19-8-10-28(11-9-19)23-25-29-16-20(24-22(29)31-23)18-6-4-17(2)5-7-18/h4-7,16,19H,3,8-15H2,1-2H3. The Morgan fingerprint density at radius 2 is 1.77 bits per heavy atom. The van der Waals surface area contributed by atoms with E-state index in [0.29, 0.717) is 5.91 Å². The van der Waals surface area contributed by atoms with Crippen molar-refractivity contribution < 1.29 is 4.79 Å². The number of piperidine rings is 1. The Balaban J connectivity index is 1.20. The molecule has 2 saturated heterocycles. The second-order valence-corrected chi connectivity index (χ2v) is 9.56. The molecule has 0 saturated carbocycles. The zero-order valence-corrected chi connectivity index (χ0v) is 19.1. The number of likely N-dealkylation sites (N-methyl/N-ethyl adjacent to an activating group) is 1. The van der Waals surface area contributed by atoms with Crippen molar-refractivity contribution in [3.8, 4) is 11.3 Å². The lowest BCUT2D eigenvalue weighted by molar-refractivity contribution is -0.137. The molecule has 31 heavy (non-hydrogen) atoms. The summed E-state index contributed by atoms with van der Waals surface area (Å²) in [6.45, 7) is 10.9. The maximum absolute atomic E-state index is 12.9. The van der Waals surface area contributed by atoms with Gasteiger partial charge < -0.3 is 14.7 Å². The highest BCUT2D eigenvalue weighted by Crippen LogP contribution is 2.30. The Labute approximate surface area is 187 Å². The SMILES string of the molecule is CCN1CCN(C(=O)C2CCN(c3nn4cc(-c5ccc(C)cc5)nc4s3)CC2)CC1. The van der Waals surface area contributed by atoms with Crippen LogP contribution >= 0.6 is 11.3 Å². The summed E-state index contributed by atoms with van der Waals surface area (Å²) in [5, 5.41) is 5.78. The summed E-state index contributed by atoms with van der Waals surface area (Å²) in [6, 6.07) is 8.42. The number of piperazine rings is 1. The zero-order chi connectivity index (χ0) is 21.4. The van der Waals surface area contributed by atoms with Crippen LogP contribution < -0.4 is 4.90 Å². The molecule has 0 bridgehead atoms. The first-order valence-corrected chi connectivity index (χ1v) is 12.1. The first-order chi connectivity index (χ1) is 15.1. The number of rotatable bonds is 4. The highest BCUT2D eigenvalue weighted by Gasteiger charge is 2.31. The van der Waals surface area contributed by atoms with E-state index in [9.17, 15) is 4.79 Å². The lowest BCUT2D eigenvalue weighted by Gasteiger charge is -2.38. The Morgan fingerprint density at radius 3 is 2.42 bits per heavy atom. The van der Waals surface area contributed by atoms with Gasteiger partial charge in [0.05, 0.1) is 11.9 Å². The molecule has 3 aromatic rings. The average molecular weight is 439 g/mol. The van der Waals surface area contributed by atoms with Gasteiger partial charge in [0.25, 0.3) is 0 Å². The number of imidazole rings is 1. The Kier molecular flexibility index (Phi) is 5.67. The smallest absolute Gasteiger partial charge is 0.225 e. The summed E-state index contributed by atoms with van der Waals surface area (Å²) in [4.78, 5) is 25.4. The van der Waals surface area contributed by atoms with Crippen LogP contribution in [0, 0.1) is 12.8 Å². The Bertz CT molecular complexity index is 1010. The molecule has 0 N–H and O–H groups in total. The van der Waals surface area contributed by atoms with Crippen LogP contribution in [0.2, 0.25) is 0 Å². The molecular formula is C23H30N6OS. The first-order valence-electron chi connectivity index (χ1n) is 11.3. The molecule has 8 heteroatoms. The summed E-state index contributed by atoms with van der Waals surface area (Å²) in [5.74, 6) is 0.508. The van der Waals surface area contributed by atoms with E-state index in [1.54, 1.807) is 11.3 Å². The van der Waals surface area contributed by atoms with E-state index in [4.69, 9.17) is 10.1 Å². The van der Waals surface area contributed by atoms with Crippen LogP contribution in [0.4, 0.5) is 5.13 Å². The molecule has 2 fully saturated rings. The van der Waals surface area contributed by atoms with Crippen molar-refractivity contribution in [2.75, 3.05) is 50.7 Å². The quantitative estimate of drug-likeness (QED) is 0.626. The summed E-state index contributed by atoms with van der Waals surface area (Å²) < 4.78 is 1.89. The number of amides is 1. The minimum Gasteiger partial charge on any atom is -0.347 e. The van der Waals surface area contributed by atoms with Gasteiger partial charge in [0.15, 0.2) is 0 Å². The number of aromatic nitrogens is 3. The first kappa shape index (κ1) is 20.5. The van der Waals surface area contributed by atoms with Gasteiger partial charge in [0.1, 0.15) is 0 Å². The second-order valence-electron chi connectivity index (χ2n) is 8.62. The van der Waals surface area contributed by atoms with Gasteiger partial charge in [-0.1, -0.05) is 48.1 Å². The molecule has 0 atom stereocenters. The third-order valence-corrected chi connectivity index (χ3v) is 7.61. The van der Waals surface area contributed by atoms with Crippen molar-refractivity contribution in [2.24, 2.45) is 5.92 Å². The molecule has 1 amide bonds. The van der Waals surface area contributed by atoms with Gasteiger partial charge in [0, 0.05) is 50.7 Å². The molecule has 0 radical (unpaired) electrons. The number of carbonyl (C=O) groups is 1. The van der Waals surface area contributed by atoms with Crippen molar-refractivity contribution in [3.63, 3.8) is 0 Å². The van der Waals surface area contributed by atoms with E-state index in [1.807, 2.05) is 10.7 Å². The van der Waals surface area contributed by atoms with Crippen LogP contribution in [-0.2, 0) is 4.79 Å². The van der Waals surface area contributed by atoms with E-state index < -0.39 is 0 Å². The number of aryl methyl sites for hydroxylation is 1. The van der Waals surface area contributed by atoms with Crippen molar-refractivity contribution >= 4 is 27.3 Å². The number of fused-ring (bicyclic) bond motifs is 1. The van der Waals surface area contributed by atoms with Crippen LogP contribution in [0.15, 0.2) is 30.5 Å². The van der Waals surface area contributed by atoms with Crippen LogP contribution in [-0.4, -0.2) is 76.1 Å². The maximum atomic E-state index is 12.9. The molecule has 164 valence electrons. The fraction of sp³-hybridized carbons (Fsp3) is 0.522. The minimum atomic E-state index is 0.154. The predicted molar refractivity (Wildman–Crippen MR) is 125 cm³/mol. The van der Waals surface area contributed by atoms with Crippen LogP contribution in [0.5, 0.6) is 0 Å². The molecule has 0 aliphatic carbocycles. The number of hydrogen-bond donors (Lipinski definition) is 0. The van der Waals surface area contributed by atoms with Crippen molar-refractivity contribution in [2.45, 2.75) is 26.7 Å². The monoisotopic (exact) mass is 438 g/mol. The molecule has 7 nitrogen and oxygen atoms in total. The molecule has 0 unspecified atom stereocenters. The summed E-state index contributed by atoms with van der Waals surface area (Å²) in [6.07, 6.45) is 3.82. The molecule has 4 heterocycles. The van der Waals surface area contributed by atoms with E-state index in [2.05, 4.69) is 52.8 Å². The molecule has 2 aromatic heterocycles. The summed E-state index contributed by atoms with van der Waals surface area (Å²) in [7, 11) is 0. The molecule has 1 aromatic carbocycles. The van der Waals surface area contributed by atoms with Gasteiger partial charge in [-0.2, -0.15) is 0 Å². The number of hydrogen-bond acceptors (Lipinski definition) is 6. The number of carbonyl (C=O) groups excluding carboxylic acids is 1. The molecule has 2 aliphatic heterocycles. The number of nitrogens with zero attached hydrogens (tertiary/aromatic N) is 6. The van der Waals surface area contributed by atoms with Crippen molar-refractivity contribution in [3.05, 3.63) is 36.0 Å². The average Bonchev–Trinajstić information content (AvgIpc) is 3.39. The molecule has 2 aliphatic rings. The zero-order valence-electron chi connectivity index (χ0n) is 18.3. The lowest BCUT2D eigenvalue weighted by Crippen LogP contribution is -2.51. The van der Waals surface area contributed by atoms with Crippen molar-refractivity contribution in [1.29, 1.82) is 0 Å². The predicted octanol–water partition coefficient (Wildman–Crippen LogP) is 3.15. The van der Waals surface area contributed by atoms with Gasteiger partial charge in [0.2, 0.25) is 16.0 Å². The normalized spacial score (nSPS) is 18.8. The number of anilines is 1. The minimum absolute atomic E-state index is 0.154. The Hall–Kier alpha value is -2.45. The van der Waals surface area contributed by atoms with Gasteiger partial charge >= 0.3 is 0 Å². The fourth-order valence-corrected chi connectivity index (χ4v) is 5.48. The molecular weight excluding hydrogens is 408 g/mol. The van der Waals surface area contributed by atoms with E-state index in [-0.39, 0.29) is 5.92 Å². The summed E-state index contributed by atoms with van der Waals surface area (Å²) in [5.41, 5.74) is 3.32. The molecule has 0 spiro atoms. The van der Waals surface area contributed by atoms with Crippen LogP contribution in [0.3, 0.4) is 0 Å². The van der Waals surface area contributed by atoms with E-state index in [0.717, 1.165) is 80.0 Å². The van der Waals surface area contributed by atoms with Gasteiger partial charge in [-0.05, 0) is 26.3 Å². The fourth-order valence-electron chi connectivity index (χ4n) is 4.54. The Morgan fingerprint density at radius 1 is 1.06 bits per heavy atom. The van der Waals surface area contributed by atoms with Crippen molar-refractivity contribution in [1.82, 2.24) is 24.4 Å². The van der Waals surface area contributed by atoms with Gasteiger partial charge in [-0.15, -0.1) is 5.10 Å². The van der Waals surface area contributed by atoms with Crippen LogP contribution in [0.1, 0.15) is 25.3 Å². The number of benzene rings is 1. The summed E-state index contributed by atoms with van der Waals surface area (Å²) >= 11 is 1.63. The molecule has 5 rings (SSSR count). The third-order valence-electron chi connectivity index (χ3n) is 6.63. The second kappa shape index (κ2) is 8.59. The third kappa shape index (κ3) is 4.19. The maximum Gasteiger partial charge on any atom is 0.225 e.